The predicted molar refractivity (Wildman–Crippen MR) is 127 cm³/mol. The van der Waals surface area contributed by atoms with Gasteiger partial charge in [-0.25, -0.2) is 0 Å². The SMILES string of the molecule is C=C1CCN(C(c2ccco2)P2(=O)N(c3ccccc3)CCN2c2ccccc2)CC1. The monoisotopic (exact) mass is 433 g/mol. The standard InChI is InChI=1S/C25H28N3O2P/c1-21-14-16-26(17-15-21)25(24-13-8-20-30-24)31(29)27(22-9-4-2-5-10-22)18-19-28(31)23-11-6-3-7-12-23/h2-13,20,25H,1,14-19H2. The molecule has 2 aromatic carbocycles. The van der Waals surface area contributed by atoms with Gasteiger partial charge in [0.25, 0.3) is 7.44 Å². The van der Waals surface area contributed by atoms with E-state index in [1.807, 2.05) is 48.5 Å². The van der Waals surface area contributed by atoms with Gasteiger partial charge in [-0.2, -0.15) is 0 Å². The minimum absolute atomic E-state index is 0.349. The van der Waals surface area contributed by atoms with Crippen molar-refractivity contribution in [1.82, 2.24) is 4.90 Å². The number of hydrogen-bond donors (Lipinski definition) is 0. The number of benzene rings is 2. The van der Waals surface area contributed by atoms with Gasteiger partial charge < -0.3 is 13.8 Å². The van der Waals surface area contributed by atoms with Crippen molar-refractivity contribution in [3.63, 3.8) is 0 Å². The van der Waals surface area contributed by atoms with Crippen LogP contribution in [0.3, 0.4) is 0 Å². The van der Waals surface area contributed by atoms with Gasteiger partial charge in [-0.1, -0.05) is 48.6 Å². The van der Waals surface area contributed by atoms with Crippen molar-refractivity contribution in [2.24, 2.45) is 0 Å². The molecule has 3 aromatic rings. The summed E-state index contributed by atoms with van der Waals surface area (Å²) < 4.78 is 25.6. The summed E-state index contributed by atoms with van der Waals surface area (Å²) in [6, 6.07) is 24.1. The van der Waals surface area contributed by atoms with Crippen LogP contribution in [0.5, 0.6) is 0 Å². The van der Waals surface area contributed by atoms with Crippen molar-refractivity contribution in [3.8, 4) is 0 Å². The van der Waals surface area contributed by atoms with Gasteiger partial charge in [0.05, 0.1) is 6.26 Å². The lowest BCUT2D eigenvalue weighted by Gasteiger charge is -2.43. The molecule has 1 unspecified atom stereocenters. The van der Waals surface area contributed by atoms with E-state index in [2.05, 4.69) is 45.1 Å². The van der Waals surface area contributed by atoms with Crippen LogP contribution < -0.4 is 9.34 Å². The normalized spacial score (nSPS) is 20.2. The second-order valence-corrected chi connectivity index (χ2v) is 10.8. The van der Waals surface area contributed by atoms with Crippen LogP contribution in [0, 0.1) is 0 Å². The fraction of sp³-hybridized carbons (Fsp3) is 0.280. The average Bonchev–Trinajstić information content (AvgIpc) is 3.45. The van der Waals surface area contributed by atoms with Crippen molar-refractivity contribution in [3.05, 3.63) is 97.0 Å². The fourth-order valence-electron chi connectivity index (χ4n) is 4.74. The van der Waals surface area contributed by atoms with Crippen LogP contribution >= 0.6 is 7.44 Å². The van der Waals surface area contributed by atoms with Crippen LogP contribution in [0.15, 0.2) is 95.6 Å². The second kappa shape index (κ2) is 8.41. The molecule has 0 amide bonds. The van der Waals surface area contributed by atoms with Crippen LogP contribution in [0.25, 0.3) is 0 Å². The number of hydrogen-bond acceptors (Lipinski definition) is 3. The van der Waals surface area contributed by atoms with Gasteiger partial charge in [0, 0.05) is 37.6 Å². The molecule has 2 aliphatic heterocycles. The van der Waals surface area contributed by atoms with Gasteiger partial charge in [-0.05, 0) is 49.2 Å². The molecule has 1 atom stereocenters. The summed E-state index contributed by atoms with van der Waals surface area (Å²) in [6.45, 7) is 7.24. The Hall–Kier alpha value is -2.75. The zero-order valence-corrected chi connectivity index (χ0v) is 18.5. The Morgan fingerprint density at radius 1 is 0.774 bits per heavy atom. The molecule has 3 heterocycles. The lowest BCUT2D eigenvalue weighted by molar-refractivity contribution is 0.212. The largest absolute Gasteiger partial charge is 0.467 e. The van der Waals surface area contributed by atoms with Crippen molar-refractivity contribution in [2.75, 3.05) is 35.5 Å². The third-order valence-corrected chi connectivity index (χ3v) is 9.75. The Labute approximate surface area is 184 Å². The quantitative estimate of drug-likeness (QED) is 0.356. The summed E-state index contributed by atoms with van der Waals surface area (Å²) in [7, 11) is -3.15. The molecule has 0 bridgehead atoms. The third kappa shape index (κ3) is 3.62. The molecule has 31 heavy (non-hydrogen) atoms. The van der Waals surface area contributed by atoms with E-state index in [1.54, 1.807) is 6.26 Å². The molecule has 0 saturated carbocycles. The Bertz CT molecular complexity index is 1010. The second-order valence-electron chi connectivity index (χ2n) is 8.18. The van der Waals surface area contributed by atoms with E-state index in [1.165, 1.54) is 5.57 Å². The number of anilines is 2. The first-order valence-electron chi connectivity index (χ1n) is 10.9. The van der Waals surface area contributed by atoms with Crippen LogP contribution in [0.1, 0.15) is 24.4 Å². The first-order chi connectivity index (χ1) is 15.2. The van der Waals surface area contributed by atoms with Gasteiger partial charge in [0.1, 0.15) is 5.76 Å². The zero-order chi connectivity index (χ0) is 21.3. The van der Waals surface area contributed by atoms with Gasteiger partial charge in [0.15, 0.2) is 5.78 Å². The van der Waals surface area contributed by atoms with Gasteiger partial charge in [-0.15, -0.1) is 0 Å². The number of piperidine rings is 1. The van der Waals surface area contributed by atoms with Crippen molar-refractivity contribution in [1.29, 1.82) is 0 Å². The highest BCUT2D eigenvalue weighted by molar-refractivity contribution is 7.67. The summed E-state index contributed by atoms with van der Waals surface area (Å²) in [5.41, 5.74) is 3.24. The minimum atomic E-state index is -3.15. The first kappa shape index (κ1) is 20.2. The molecule has 0 N–H and O–H groups in total. The number of rotatable bonds is 5. The Morgan fingerprint density at radius 3 is 1.81 bits per heavy atom. The summed E-state index contributed by atoms with van der Waals surface area (Å²) in [5, 5.41) is 0. The number of furan rings is 1. The van der Waals surface area contributed by atoms with Crippen molar-refractivity contribution >= 4 is 18.8 Å². The minimum Gasteiger partial charge on any atom is -0.467 e. The lowest BCUT2D eigenvalue weighted by atomic mass is 10.1. The molecule has 2 fully saturated rings. The molecule has 2 aliphatic rings. The van der Waals surface area contributed by atoms with Crippen molar-refractivity contribution in [2.45, 2.75) is 18.6 Å². The third-order valence-electron chi connectivity index (χ3n) is 6.29. The van der Waals surface area contributed by atoms with Crippen LogP contribution in [0.4, 0.5) is 11.4 Å². The molecule has 5 nitrogen and oxygen atoms in total. The smallest absolute Gasteiger partial charge is 0.287 e. The topological polar surface area (TPSA) is 39.9 Å². The van der Waals surface area contributed by atoms with E-state index < -0.39 is 7.44 Å². The Kier molecular flexibility index (Phi) is 5.47. The van der Waals surface area contributed by atoms with E-state index in [0.29, 0.717) is 13.1 Å². The van der Waals surface area contributed by atoms with Crippen LogP contribution in [0.2, 0.25) is 0 Å². The molecule has 0 radical (unpaired) electrons. The highest BCUT2D eigenvalue weighted by atomic mass is 31.2. The van der Waals surface area contributed by atoms with E-state index in [9.17, 15) is 0 Å². The van der Waals surface area contributed by atoms with Crippen LogP contribution in [-0.2, 0) is 4.57 Å². The summed E-state index contributed by atoms with van der Waals surface area (Å²) in [5.74, 6) is 0.415. The molecule has 1 aromatic heterocycles. The molecule has 0 spiro atoms. The highest BCUT2D eigenvalue weighted by Gasteiger charge is 2.53. The fourth-order valence-corrected chi connectivity index (χ4v) is 8.35. The van der Waals surface area contributed by atoms with Gasteiger partial charge >= 0.3 is 0 Å². The molecule has 2 saturated heterocycles. The van der Waals surface area contributed by atoms with Gasteiger partial charge in [0.2, 0.25) is 0 Å². The van der Waals surface area contributed by atoms with E-state index >= 15 is 4.57 Å². The average molecular weight is 433 g/mol. The summed E-state index contributed by atoms with van der Waals surface area (Å²) >= 11 is 0. The Morgan fingerprint density at radius 2 is 1.32 bits per heavy atom. The van der Waals surface area contributed by atoms with Crippen molar-refractivity contribution < 1.29 is 8.98 Å². The maximum absolute atomic E-state index is 15.4. The molecule has 160 valence electrons. The van der Waals surface area contributed by atoms with E-state index in [-0.39, 0.29) is 5.78 Å². The number of likely N-dealkylation sites (tertiary alicyclic amines) is 1. The lowest BCUT2D eigenvalue weighted by Crippen LogP contribution is -2.38. The molecule has 5 rings (SSSR count). The maximum atomic E-state index is 15.4. The summed E-state index contributed by atoms with van der Waals surface area (Å²) in [6.07, 6.45) is 3.54. The predicted octanol–water partition coefficient (Wildman–Crippen LogP) is 6.15. The first-order valence-corrected chi connectivity index (χ1v) is 12.6. The van der Waals surface area contributed by atoms with E-state index in [4.69, 9.17) is 4.42 Å². The maximum Gasteiger partial charge on any atom is 0.287 e. The van der Waals surface area contributed by atoms with E-state index in [0.717, 1.165) is 43.1 Å². The molecular weight excluding hydrogens is 405 g/mol. The Balaban J connectivity index is 1.66. The molecular formula is C25H28N3O2P. The van der Waals surface area contributed by atoms with Crippen LogP contribution in [-0.4, -0.2) is 31.1 Å². The number of para-hydroxylation sites is 2. The highest BCUT2D eigenvalue weighted by Crippen LogP contribution is 2.70. The number of nitrogens with zero attached hydrogens (tertiary/aromatic N) is 3. The zero-order valence-electron chi connectivity index (χ0n) is 17.6. The van der Waals surface area contributed by atoms with Gasteiger partial charge in [-0.3, -0.25) is 9.46 Å². The molecule has 6 heteroatoms. The summed E-state index contributed by atoms with van der Waals surface area (Å²) in [4.78, 5) is 2.34. The molecule has 0 aliphatic carbocycles.